The van der Waals surface area contributed by atoms with Crippen LogP contribution in [0.15, 0.2) is 42.5 Å². The Morgan fingerprint density at radius 1 is 1.12 bits per heavy atom. The summed E-state index contributed by atoms with van der Waals surface area (Å²) in [5.74, 6) is 0.981. The molecule has 0 aliphatic carbocycles. The molecule has 130 valence electrons. The number of aliphatic carboxylic acids is 1. The van der Waals surface area contributed by atoms with Gasteiger partial charge in [-0.25, -0.2) is 4.79 Å². The van der Waals surface area contributed by atoms with Gasteiger partial charge in [0.25, 0.3) is 0 Å². The van der Waals surface area contributed by atoms with E-state index in [0.29, 0.717) is 36.9 Å². The van der Waals surface area contributed by atoms with Gasteiger partial charge < -0.3 is 19.3 Å². The first-order valence-electron chi connectivity index (χ1n) is 8.25. The van der Waals surface area contributed by atoms with Gasteiger partial charge in [-0.3, -0.25) is 0 Å². The molecular formula is C20H20O5. The van der Waals surface area contributed by atoms with Crippen LogP contribution < -0.4 is 14.2 Å². The summed E-state index contributed by atoms with van der Waals surface area (Å²) >= 11 is 0. The number of carboxylic acids is 1. The van der Waals surface area contributed by atoms with Crippen molar-refractivity contribution in [2.75, 3.05) is 19.8 Å². The molecule has 0 saturated carbocycles. The number of hydrogen-bond donors (Lipinski definition) is 1. The second-order valence-electron chi connectivity index (χ2n) is 5.64. The molecule has 2 aromatic rings. The molecule has 5 nitrogen and oxygen atoms in total. The number of fused-ring (bicyclic) bond motifs is 1. The van der Waals surface area contributed by atoms with Crippen molar-refractivity contribution in [3.05, 3.63) is 53.6 Å². The van der Waals surface area contributed by atoms with Gasteiger partial charge >= 0.3 is 5.97 Å². The first-order chi connectivity index (χ1) is 12.2. The highest BCUT2D eigenvalue weighted by molar-refractivity contribution is 6.20. The van der Waals surface area contributed by atoms with Gasteiger partial charge in [-0.05, 0) is 47.9 Å². The number of ether oxygens (including phenoxy) is 3. The van der Waals surface area contributed by atoms with E-state index >= 15 is 0 Å². The fraction of sp³-hybridized carbons (Fsp3) is 0.250. The lowest BCUT2D eigenvalue weighted by Gasteiger charge is -2.19. The lowest BCUT2D eigenvalue weighted by Crippen LogP contribution is -2.15. The lowest BCUT2D eigenvalue weighted by molar-refractivity contribution is -0.130. The predicted molar refractivity (Wildman–Crippen MR) is 95.2 cm³/mol. The molecule has 0 saturated heterocycles. The van der Waals surface area contributed by atoms with Crippen LogP contribution in [0, 0.1) is 0 Å². The van der Waals surface area contributed by atoms with Crippen LogP contribution in [0.2, 0.25) is 0 Å². The highest BCUT2D eigenvalue weighted by atomic mass is 16.6. The highest BCUT2D eigenvalue weighted by Crippen LogP contribution is 2.33. The SMILES string of the molecule is CCCOc1ccc(/C=C(\C(=O)O)c2ccc3c(c2)OCCO3)cc1. The second kappa shape index (κ2) is 7.75. The van der Waals surface area contributed by atoms with Crippen LogP contribution in [0.25, 0.3) is 11.6 Å². The molecule has 0 fully saturated rings. The van der Waals surface area contributed by atoms with Crippen LogP contribution in [0.1, 0.15) is 24.5 Å². The Morgan fingerprint density at radius 2 is 1.84 bits per heavy atom. The van der Waals surface area contributed by atoms with E-state index in [-0.39, 0.29) is 5.57 Å². The molecule has 1 aliphatic rings. The van der Waals surface area contributed by atoms with Gasteiger partial charge in [0.1, 0.15) is 19.0 Å². The zero-order valence-corrected chi connectivity index (χ0v) is 14.0. The summed E-state index contributed by atoms with van der Waals surface area (Å²) in [6.45, 7) is 3.67. The maximum Gasteiger partial charge on any atom is 0.336 e. The maximum absolute atomic E-state index is 11.7. The monoisotopic (exact) mass is 340 g/mol. The van der Waals surface area contributed by atoms with Gasteiger partial charge in [-0.15, -0.1) is 0 Å². The van der Waals surface area contributed by atoms with E-state index in [0.717, 1.165) is 17.7 Å². The Hall–Kier alpha value is -2.95. The smallest absolute Gasteiger partial charge is 0.336 e. The quantitative estimate of drug-likeness (QED) is 0.639. The number of benzene rings is 2. The van der Waals surface area contributed by atoms with Gasteiger partial charge in [0.15, 0.2) is 11.5 Å². The summed E-state index contributed by atoms with van der Waals surface area (Å²) in [5.41, 5.74) is 1.55. The van der Waals surface area contributed by atoms with Crippen LogP contribution in [0.3, 0.4) is 0 Å². The minimum absolute atomic E-state index is 0.194. The Kier molecular flexibility index (Phi) is 5.23. The third-order valence-corrected chi connectivity index (χ3v) is 3.75. The Balaban J connectivity index is 1.88. The normalized spacial score (nSPS) is 13.4. The largest absolute Gasteiger partial charge is 0.494 e. The zero-order valence-electron chi connectivity index (χ0n) is 14.0. The molecule has 0 aromatic heterocycles. The molecule has 1 heterocycles. The lowest BCUT2D eigenvalue weighted by atomic mass is 10.0. The van der Waals surface area contributed by atoms with E-state index in [2.05, 4.69) is 0 Å². The second-order valence-corrected chi connectivity index (χ2v) is 5.64. The molecule has 0 atom stereocenters. The van der Waals surface area contributed by atoms with Crippen molar-refractivity contribution < 1.29 is 24.1 Å². The predicted octanol–water partition coefficient (Wildman–Crippen LogP) is 3.87. The summed E-state index contributed by atoms with van der Waals surface area (Å²) in [4.78, 5) is 11.7. The molecule has 0 unspecified atom stereocenters. The maximum atomic E-state index is 11.7. The van der Waals surface area contributed by atoms with E-state index in [1.807, 2.05) is 31.2 Å². The van der Waals surface area contributed by atoms with Crippen molar-refractivity contribution in [2.45, 2.75) is 13.3 Å². The van der Waals surface area contributed by atoms with E-state index in [9.17, 15) is 9.90 Å². The summed E-state index contributed by atoms with van der Waals surface area (Å²) < 4.78 is 16.6. The summed E-state index contributed by atoms with van der Waals surface area (Å²) in [6.07, 6.45) is 2.58. The Bertz CT molecular complexity index is 777. The van der Waals surface area contributed by atoms with Crippen LogP contribution in [-0.4, -0.2) is 30.9 Å². The molecule has 0 spiro atoms. The fourth-order valence-electron chi connectivity index (χ4n) is 2.53. The first kappa shape index (κ1) is 16.9. The van der Waals surface area contributed by atoms with Crippen molar-refractivity contribution >= 4 is 17.6 Å². The number of hydrogen-bond acceptors (Lipinski definition) is 4. The van der Waals surface area contributed by atoms with E-state index in [4.69, 9.17) is 14.2 Å². The topological polar surface area (TPSA) is 65.0 Å². The molecule has 25 heavy (non-hydrogen) atoms. The molecule has 3 rings (SSSR count). The van der Waals surface area contributed by atoms with Crippen LogP contribution in [-0.2, 0) is 4.79 Å². The third kappa shape index (κ3) is 4.12. The van der Waals surface area contributed by atoms with Crippen LogP contribution >= 0.6 is 0 Å². The van der Waals surface area contributed by atoms with Gasteiger partial charge in [-0.2, -0.15) is 0 Å². The molecule has 0 radical (unpaired) electrons. The fourth-order valence-corrected chi connectivity index (χ4v) is 2.53. The standard InChI is InChI=1S/C20H20O5/c1-2-9-23-16-6-3-14(4-7-16)12-17(20(21)22)15-5-8-18-19(13-15)25-11-10-24-18/h3-8,12-13H,2,9-11H2,1H3,(H,21,22)/b17-12-. The molecular weight excluding hydrogens is 320 g/mol. The first-order valence-corrected chi connectivity index (χ1v) is 8.25. The number of rotatable bonds is 6. The van der Waals surface area contributed by atoms with Crippen molar-refractivity contribution in [2.24, 2.45) is 0 Å². The minimum atomic E-state index is -0.997. The van der Waals surface area contributed by atoms with Crippen molar-refractivity contribution in [1.82, 2.24) is 0 Å². The highest BCUT2D eigenvalue weighted by Gasteiger charge is 2.16. The Morgan fingerprint density at radius 3 is 2.52 bits per heavy atom. The van der Waals surface area contributed by atoms with E-state index in [1.54, 1.807) is 24.3 Å². The van der Waals surface area contributed by atoms with E-state index < -0.39 is 5.97 Å². The van der Waals surface area contributed by atoms with Crippen molar-refractivity contribution in [3.8, 4) is 17.2 Å². The van der Waals surface area contributed by atoms with Crippen molar-refractivity contribution in [1.29, 1.82) is 0 Å². The van der Waals surface area contributed by atoms with Gasteiger partial charge in [0.05, 0.1) is 12.2 Å². The van der Waals surface area contributed by atoms with Crippen molar-refractivity contribution in [3.63, 3.8) is 0 Å². The van der Waals surface area contributed by atoms with Gasteiger partial charge in [0.2, 0.25) is 0 Å². The van der Waals surface area contributed by atoms with Gasteiger partial charge in [-0.1, -0.05) is 25.1 Å². The Labute approximate surface area is 146 Å². The summed E-state index contributed by atoms with van der Waals surface area (Å²) in [7, 11) is 0. The molecule has 0 amide bonds. The molecule has 2 aromatic carbocycles. The third-order valence-electron chi connectivity index (χ3n) is 3.75. The molecule has 1 aliphatic heterocycles. The average molecular weight is 340 g/mol. The average Bonchev–Trinajstić information content (AvgIpc) is 2.64. The minimum Gasteiger partial charge on any atom is -0.494 e. The number of carbonyl (C=O) groups is 1. The van der Waals surface area contributed by atoms with Gasteiger partial charge in [0, 0.05) is 0 Å². The summed E-state index contributed by atoms with van der Waals surface area (Å²) in [6, 6.07) is 12.5. The van der Waals surface area contributed by atoms with Crippen LogP contribution in [0.5, 0.6) is 17.2 Å². The zero-order chi connectivity index (χ0) is 17.6. The number of carboxylic acid groups (broad SMARTS) is 1. The van der Waals surface area contributed by atoms with Crippen LogP contribution in [0.4, 0.5) is 0 Å². The summed E-state index contributed by atoms with van der Waals surface area (Å²) in [5, 5.41) is 9.60. The molecule has 0 bridgehead atoms. The molecule has 5 heteroatoms. The van der Waals surface area contributed by atoms with E-state index in [1.165, 1.54) is 0 Å². The molecule has 1 N–H and O–H groups in total.